The molecule has 0 fully saturated rings. The second kappa shape index (κ2) is 6.43. The molecule has 0 unspecified atom stereocenters. The number of nitrogens with one attached hydrogen (secondary N) is 1. The second-order valence-corrected chi connectivity index (χ2v) is 5.40. The molecule has 1 aromatic carbocycles. The lowest BCUT2D eigenvalue weighted by atomic mass is 10.1. The molecular weight excluding hydrogens is 270 g/mol. The Bertz CT molecular complexity index is 581. The SMILES string of the molecule is CCNC(=O)c1ccc(N)c(N(C)Cc2ccsc2)c1. The number of amides is 1. The van der Waals surface area contributed by atoms with Crippen molar-refractivity contribution in [3.8, 4) is 0 Å². The highest BCUT2D eigenvalue weighted by atomic mass is 32.1. The van der Waals surface area contributed by atoms with Crippen molar-refractivity contribution in [3.63, 3.8) is 0 Å². The van der Waals surface area contributed by atoms with Gasteiger partial charge in [0, 0.05) is 25.7 Å². The first kappa shape index (κ1) is 14.4. The summed E-state index contributed by atoms with van der Waals surface area (Å²) in [5.74, 6) is -0.0716. The second-order valence-electron chi connectivity index (χ2n) is 4.62. The summed E-state index contributed by atoms with van der Waals surface area (Å²) in [7, 11) is 1.98. The van der Waals surface area contributed by atoms with E-state index in [1.165, 1.54) is 5.56 Å². The molecule has 0 bridgehead atoms. The van der Waals surface area contributed by atoms with Crippen LogP contribution in [0.4, 0.5) is 11.4 Å². The van der Waals surface area contributed by atoms with Crippen LogP contribution >= 0.6 is 11.3 Å². The van der Waals surface area contributed by atoms with Crippen LogP contribution in [0, 0.1) is 0 Å². The minimum Gasteiger partial charge on any atom is -0.397 e. The van der Waals surface area contributed by atoms with E-state index in [4.69, 9.17) is 5.73 Å². The van der Waals surface area contributed by atoms with E-state index >= 15 is 0 Å². The van der Waals surface area contributed by atoms with Crippen LogP contribution in [0.25, 0.3) is 0 Å². The Hall–Kier alpha value is -2.01. The van der Waals surface area contributed by atoms with Gasteiger partial charge in [-0.05, 0) is 47.5 Å². The number of nitrogens with two attached hydrogens (primary N) is 1. The summed E-state index contributed by atoms with van der Waals surface area (Å²) < 4.78 is 0. The summed E-state index contributed by atoms with van der Waals surface area (Å²) in [5.41, 5.74) is 9.44. The Morgan fingerprint density at radius 2 is 2.20 bits per heavy atom. The normalized spacial score (nSPS) is 10.3. The van der Waals surface area contributed by atoms with Gasteiger partial charge < -0.3 is 16.0 Å². The number of benzene rings is 1. The van der Waals surface area contributed by atoms with Gasteiger partial charge in [0.05, 0.1) is 11.4 Å². The van der Waals surface area contributed by atoms with Crippen molar-refractivity contribution in [3.05, 3.63) is 46.2 Å². The van der Waals surface area contributed by atoms with Gasteiger partial charge in [-0.2, -0.15) is 11.3 Å². The quantitative estimate of drug-likeness (QED) is 0.832. The molecule has 0 radical (unpaired) electrons. The van der Waals surface area contributed by atoms with Gasteiger partial charge in [-0.1, -0.05) is 0 Å². The maximum Gasteiger partial charge on any atom is 0.251 e. The third-order valence-corrected chi connectivity index (χ3v) is 3.77. The van der Waals surface area contributed by atoms with Crippen LogP contribution in [0.5, 0.6) is 0 Å². The van der Waals surface area contributed by atoms with E-state index in [1.54, 1.807) is 23.5 Å². The predicted molar refractivity (Wildman–Crippen MR) is 85.3 cm³/mol. The molecule has 0 aliphatic heterocycles. The smallest absolute Gasteiger partial charge is 0.251 e. The van der Waals surface area contributed by atoms with Gasteiger partial charge in [-0.3, -0.25) is 4.79 Å². The lowest BCUT2D eigenvalue weighted by Gasteiger charge is -2.21. The Balaban J connectivity index is 2.21. The lowest BCUT2D eigenvalue weighted by Crippen LogP contribution is -2.24. The minimum absolute atomic E-state index is 0.0716. The van der Waals surface area contributed by atoms with E-state index in [0.717, 1.165) is 12.2 Å². The number of carbonyl (C=O) groups excluding carboxylic acids is 1. The molecule has 5 heteroatoms. The number of nitrogens with zero attached hydrogens (tertiary/aromatic N) is 1. The van der Waals surface area contributed by atoms with Gasteiger partial charge in [0.15, 0.2) is 0 Å². The number of hydrogen-bond donors (Lipinski definition) is 2. The first-order chi connectivity index (χ1) is 9.61. The van der Waals surface area contributed by atoms with E-state index in [0.29, 0.717) is 17.8 Å². The van der Waals surface area contributed by atoms with Crippen molar-refractivity contribution in [2.45, 2.75) is 13.5 Å². The molecule has 0 aliphatic carbocycles. The molecule has 2 rings (SSSR count). The zero-order valence-electron chi connectivity index (χ0n) is 11.7. The molecule has 20 heavy (non-hydrogen) atoms. The van der Waals surface area contributed by atoms with Crippen LogP contribution < -0.4 is 16.0 Å². The molecule has 106 valence electrons. The third kappa shape index (κ3) is 3.30. The Morgan fingerprint density at radius 3 is 2.85 bits per heavy atom. The minimum atomic E-state index is -0.0716. The molecule has 4 nitrogen and oxygen atoms in total. The zero-order valence-corrected chi connectivity index (χ0v) is 12.5. The average Bonchev–Trinajstić information content (AvgIpc) is 2.92. The number of rotatable bonds is 5. The number of nitrogen functional groups attached to an aromatic ring is 1. The standard InChI is InChI=1S/C15H19N3OS/c1-3-17-15(19)12-4-5-13(16)14(8-12)18(2)9-11-6-7-20-10-11/h4-8,10H,3,9,16H2,1-2H3,(H,17,19). The highest BCUT2D eigenvalue weighted by molar-refractivity contribution is 7.07. The largest absolute Gasteiger partial charge is 0.397 e. The van der Waals surface area contributed by atoms with E-state index in [9.17, 15) is 4.79 Å². The molecule has 1 amide bonds. The van der Waals surface area contributed by atoms with E-state index in [-0.39, 0.29) is 5.91 Å². The van der Waals surface area contributed by atoms with Gasteiger partial charge in [-0.15, -0.1) is 0 Å². The number of anilines is 2. The molecule has 1 aromatic heterocycles. The maximum absolute atomic E-state index is 11.9. The molecule has 2 aromatic rings. The topological polar surface area (TPSA) is 58.4 Å². The van der Waals surface area contributed by atoms with Crippen LogP contribution in [-0.2, 0) is 6.54 Å². The summed E-state index contributed by atoms with van der Waals surface area (Å²) in [6, 6.07) is 7.46. The average molecular weight is 289 g/mol. The van der Waals surface area contributed by atoms with Crippen LogP contribution in [0.15, 0.2) is 35.0 Å². The Labute approximate surface area is 123 Å². The first-order valence-corrected chi connectivity index (χ1v) is 7.46. The van der Waals surface area contributed by atoms with Crippen LogP contribution in [-0.4, -0.2) is 19.5 Å². The number of hydrogen-bond acceptors (Lipinski definition) is 4. The van der Waals surface area contributed by atoms with Crippen molar-refractivity contribution >= 4 is 28.6 Å². The summed E-state index contributed by atoms with van der Waals surface area (Å²) in [6.07, 6.45) is 0. The van der Waals surface area contributed by atoms with Crippen molar-refractivity contribution in [2.24, 2.45) is 0 Å². The molecule has 0 aliphatic rings. The summed E-state index contributed by atoms with van der Waals surface area (Å²) in [6.45, 7) is 3.29. The molecule has 0 saturated carbocycles. The fourth-order valence-electron chi connectivity index (χ4n) is 2.02. The van der Waals surface area contributed by atoms with Crippen molar-refractivity contribution in [1.82, 2.24) is 5.32 Å². The molecule has 1 heterocycles. The summed E-state index contributed by atoms with van der Waals surface area (Å²) in [5, 5.41) is 6.96. The van der Waals surface area contributed by atoms with Gasteiger partial charge >= 0.3 is 0 Å². The van der Waals surface area contributed by atoms with E-state index in [1.807, 2.05) is 20.0 Å². The molecular formula is C15H19N3OS. The zero-order chi connectivity index (χ0) is 14.5. The summed E-state index contributed by atoms with van der Waals surface area (Å²) >= 11 is 1.67. The molecule has 0 spiro atoms. The lowest BCUT2D eigenvalue weighted by molar-refractivity contribution is 0.0956. The van der Waals surface area contributed by atoms with Crippen molar-refractivity contribution in [2.75, 3.05) is 24.2 Å². The fraction of sp³-hybridized carbons (Fsp3) is 0.267. The van der Waals surface area contributed by atoms with Crippen molar-refractivity contribution < 1.29 is 4.79 Å². The Kier molecular flexibility index (Phi) is 4.63. The van der Waals surface area contributed by atoms with E-state index < -0.39 is 0 Å². The highest BCUT2D eigenvalue weighted by Gasteiger charge is 2.11. The van der Waals surface area contributed by atoms with Crippen LogP contribution in [0.2, 0.25) is 0 Å². The predicted octanol–water partition coefficient (Wildman–Crippen LogP) is 2.72. The Morgan fingerprint density at radius 1 is 1.40 bits per heavy atom. The monoisotopic (exact) mass is 289 g/mol. The van der Waals surface area contributed by atoms with E-state index in [2.05, 4.69) is 27.0 Å². The first-order valence-electron chi connectivity index (χ1n) is 6.51. The third-order valence-electron chi connectivity index (χ3n) is 3.04. The van der Waals surface area contributed by atoms with Gasteiger partial charge in [0.1, 0.15) is 0 Å². The fourth-order valence-corrected chi connectivity index (χ4v) is 2.68. The van der Waals surface area contributed by atoms with Gasteiger partial charge in [0.25, 0.3) is 5.91 Å². The van der Waals surface area contributed by atoms with Crippen molar-refractivity contribution in [1.29, 1.82) is 0 Å². The number of carbonyl (C=O) groups is 1. The van der Waals surface area contributed by atoms with Gasteiger partial charge in [-0.25, -0.2) is 0 Å². The van der Waals surface area contributed by atoms with Gasteiger partial charge in [0.2, 0.25) is 0 Å². The highest BCUT2D eigenvalue weighted by Crippen LogP contribution is 2.25. The molecule has 0 atom stereocenters. The van der Waals surface area contributed by atoms with Crippen LogP contribution in [0.1, 0.15) is 22.8 Å². The number of thiophene rings is 1. The molecule has 0 saturated heterocycles. The maximum atomic E-state index is 11.9. The molecule has 3 N–H and O–H groups in total. The van der Waals surface area contributed by atoms with Crippen LogP contribution in [0.3, 0.4) is 0 Å². The summed E-state index contributed by atoms with van der Waals surface area (Å²) in [4.78, 5) is 13.9.